The Morgan fingerprint density at radius 1 is 1.09 bits per heavy atom. The summed E-state index contributed by atoms with van der Waals surface area (Å²) in [5.41, 5.74) is 2.61. The SMILES string of the molecule is Cc1ccc(S(=O)(=O)CC(C)NCc2cccc(C)c2O)cc1. The van der Waals surface area contributed by atoms with Crippen LogP contribution >= 0.6 is 0 Å². The lowest BCUT2D eigenvalue weighted by Crippen LogP contribution is -2.32. The first-order valence-corrected chi connectivity index (χ1v) is 9.25. The molecule has 124 valence electrons. The molecule has 0 aliphatic rings. The molecule has 2 N–H and O–H groups in total. The molecular weight excluding hydrogens is 310 g/mol. The van der Waals surface area contributed by atoms with Crippen molar-refractivity contribution in [2.75, 3.05) is 5.75 Å². The second kappa shape index (κ2) is 7.15. The maximum atomic E-state index is 12.4. The second-order valence-electron chi connectivity index (χ2n) is 5.96. The molecule has 0 saturated carbocycles. The van der Waals surface area contributed by atoms with Gasteiger partial charge >= 0.3 is 0 Å². The number of para-hydroxylation sites is 1. The van der Waals surface area contributed by atoms with Gasteiger partial charge in [-0.1, -0.05) is 35.9 Å². The van der Waals surface area contributed by atoms with Crippen molar-refractivity contribution in [1.82, 2.24) is 5.32 Å². The summed E-state index contributed by atoms with van der Waals surface area (Å²) in [6.07, 6.45) is 0. The van der Waals surface area contributed by atoms with Crippen LogP contribution in [-0.2, 0) is 16.4 Å². The summed E-state index contributed by atoms with van der Waals surface area (Å²) in [6, 6.07) is 12.2. The third-order valence-corrected chi connectivity index (χ3v) is 5.74. The van der Waals surface area contributed by atoms with Gasteiger partial charge in [0.2, 0.25) is 0 Å². The molecule has 2 rings (SSSR count). The van der Waals surface area contributed by atoms with Crippen molar-refractivity contribution >= 4 is 9.84 Å². The topological polar surface area (TPSA) is 66.4 Å². The molecule has 0 spiro atoms. The van der Waals surface area contributed by atoms with Crippen molar-refractivity contribution in [3.05, 3.63) is 59.2 Å². The first kappa shape index (κ1) is 17.5. The van der Waals surface area contributed by atoms with Crippen LogP contribution in [-0.4, -0.2) is 25.3 Å². The van der Waals surface area contributed by atoms with Gasteiger partial charge in [0.25, 0.3) is 0 Å². The van der Waals surface area contributed by atoms with E-state index in [1.54, 1.807) is 24.3 Å². The number of benzene rings is 2. The molecule has 2 aromatic carbocycles. The molecule has 0 amide bonds. The Kier molecular flexibility index (Phi) is 5.44. The minimum Gasteiger partial charge on any atom is -0.507 e. The third kappa shape index (κ3) is 4.56. The predicted octanol–water partition coefficient (Wildman–Crippen LogP) is 2.96. The van der Waals surface area contributed by atoms with Gasteiger partial charge < -0.3 is 10.4 Å². The van der Waals surface area contributed by atoms with Gasteiger partial charge in [-0.3, -0.25) is 0 Å². The Hall–Kier alpha value is -1.85. The summed E-state index contributed by atoms with van der Waals surface area (Å²) in [6.45, 7) is 6.02. The zero-order valence-corrected chi connectivity index (χ0v) is 14.5. The van der Waals surface area contributed by atoms with Gasteiger partial charge in [0.1, 0.15) is 5.75 Å². The number of phenolic OH excluding ortho intramolecular Hbond substituents is 1. The van der Waals surface area contributed by atoms with Gasteiger partial charge in [-0.15, -0.1) is 0 Å². The number of aromatic hydroxyl groups is 1. The van der Waals surface area contributed by atoms with Gasteiger partial charge in [-0.25, -0.2) is 8.42 Å². The molecule has 0 aliphatic carbocycles. The quantitative estimate of drug-likeness (QED) is 0.853. The van der Waals surface area contributed by atoms with Crippen LogP contribution in [0.3, 0.4) is 0 Å². The highest BCUT2D eigenvalue weighted by Crippen LogP contribution is 2.21. The summed E-state index contributed by atoms with van der Waals surface area (Å²) in [5.74, 6) is 0.274. The fourth-order valence-electron chi connectivity index (χ4n) is 2.38. The molecular formula is C18H23NO3S. The summed E-state index contributed by atoms with van der Waals surface area (Å²) in [7, 11) is -3.32. The fraction of sp³-hybridized carbons (Fsp3) is 0.333. The number of rotatable bonds is 6. The van der Waals surface area contributed by atoms with E-state index in [1.807, 2.05) is 39.0 Å². The van der Waals surface area contributed by atoms with Crippen LogP contribution < -0.4 is 5.32 Å². The zero-order chi connectivity index (χ0) is 17.0. The summed E-state index contributed by atoms with van der Waals surface area (Å²) >= 11 is 0. The van der Waals surface area contributed by atoms with E-state index in [0.29, 0.717) is 11.4 Å². The van der Waals surface area contributed by atoms with Crippen LogP contribution in [0.4, 0.5) is 0 Å². The maximum absolute atomic E-state index is 12.4. The number of aryl methyl sites for hydroxylation is 2. The zero-order valence-electron chi connectivity index (χ0n) is 13.7. The van der Waals surface area contributed by atoms with E-state index in [2.05, 4.69) is 5.32 Å². The molecule has 0 heterocycles. The van der Waals surface area contributed by atoms with E-state index in [1.165, 1.54) is 0 Å². The van der Waals surface area contributed by atoms with Crippen LogP contribution in [0.25, 0.3) is 0 Å². The average molecular weight is 333 g/mol. The molecule has 0 bridgehead atoms. The van der Waals surface area contributed by atoms with E-state index in [0.717, 1.165) is 16.7 Å². The highest BCUT2D eigenvalue weighted by molar-refractivity contribution is 7.91. The van der Waals surface area contributed by atoms with Crippen LogP contribution in [0.1, 0.15) is 23.6 Å². The van der Waals surface area contributed by atoms with Crippen molar-refractivity contribution in [3.63, 3.8) is 0 Å². The van der Waals surface area contributed by atoms with E-state index >= 15 is 0 Å². The molecule has 4 nitrogen and oxygen atoms in total. The average Bonchev–Trinajstić information content (AvgIpc) is 2.49. The minimum absolute atomic E-state index is 0.0165. The molecule has 0 aliphatic heterocycles. The number of nitrogens with one attached hydrogen (secondary N) is 1. The van der Waals surface area contributed by atoms with E-state index in [4.69, 9.17) is 0 Å². The van der Waals surface area contributed by atoms with Crippen molar-refractivity contribution in [2.45, 2.75) is 38.3 Å². The fourth-order valence-corrected chi connectivity index (χ4v) is 3.90. The minimum atomic E-state index is -3.32. The van der Waals surface area contributed by atoms with Gasteiger partial charge in [0.05, 0.1) is 10.6 Å². The normalized spacial score (nSPS) is 13.0. The maximum Gasteiger partial charge on any atom is 0.179 e. The lowest BCUT2D eigenvalue weighted by molar-refractivity contribution is 0.457. The summed E-state index contributed by atoms with van der Waals surface area (Å²) in [5, 5.41) is 13.2. The highest BCUT2D eigenvalue weighted by Gasteiger charge is 2.18. The van der Waals surface area contributed by atoms with Crippen LogP contribution in [0.15, 0.2) is 47.4 Å². The molecule has 0 aromatic heterocycles. The molecule has 0 fully saturated rings. The highest BCUT2D eigenvalue weighted by atomic mass is 32.2. The van der Waals surface area contributed by atoms with Crippen LogP contribution in [0, 0.1) is 13.8 Å². The Morgan fingerprint density at radius 2 is 1.74 bits per heavy atom. The van der Waals surface area contributed by atoms with E-state index < -0.39 is 9.84 Å². The lowest BCUT2D eigenvalue weighted by Gasteiger charge is -2.15. The number of sulfone groups is 1. The van der Waals surface area contributed by atoms with Crippen LogP contribution in [0.2, 0.25) is 0 Å². The first-order valence-electron chi connectivity index (χ1n) is 7.60. The monoisotopic (exact) mass is 333 g/mol. The van der Waals surface area contributed by atoms with E-state index in [-0.39, 0.29) is 17.5 Å². The Bertz CT molecular complexity index is 767. The molecule has 2 aromatic rings. The second-order valence-corrected chi connectivity index (χ2v) is 7.99. The first-order chi connectivity index (χ1) is 10.8. The van der Waals surface area contributed by atoms with E-state index in [9.17, 15) is 13.5 Å². The molecule has 0 radical (unpaired) electrons. The molecule has 0 saturated heterocycles. The van der Waals surface area contributed by atoms with Crippen LogP contribution in [0.5, 0.6) is 5.75 Å². The summed E-state index contributed by atoms with van der Waals surface area (Å²) in [4.78, 5) is 0.343. The van der Waals surface area contributed by atoms with Crippen molar-refractivity contribution in [1.29, 1.82) is 0 Å². The number of hydrogen-bond acceptors (Lipinski definition) is 4. The Labute approximate surface area is 138 Å². The van der Waals surface area contributed by atoms with Crippen molar-refractivity contribution in [3.8, 4) is 5.75 Å². The molecule has 1 unspecified atom stereocenters. The van der Waals surface area contributed by atoms with Gasteiger partial charge in [-0.2, -0.15) is 0 Å². The molecule has 23 heavy (non-hydrogen) atoms. The predicted molar refractivity (Wildman–Crippen MR) is 92.4 cm³/mol. The Morgan fingerprint density at radius 3 is 2.39 bits per heavy atom. The van der Waals surface area contributed by atoms with Crippen molar-refractivity contribution in [2.24, 2.45) is 0 Å². The van der Waals surface area contributed by atoms with Gasteiger partial charge in [0, 0.05) is 18.2 Å². The molecule has 5 heteroatoms. The van der Waals surface area contributed by atoms with Gasteiger partial charge in [0.15, 0.2) is 9.84 Å². The standard InChI is InChI=1S/C18H23NO3S/c1-13-7-9-17(10-8-13)23(21,22)12-15(3)19-11-16-6-4-5-14(2)18(16)20/h4-10,15,19-20H,11-12H2,1-3H3. The lowest BCUT2D eigenvalue weighted by atomic mass is 10.1. The Balaban J connectivity index is 2.00. The number of hydrogen-bond donors (Lipinski definition) is 2. The summed E-state index contributed by atoms with van der Waals surface area (Å²) < 4.78 is 24.8. The molecule has 1 atom stereocenters. The van der Waals surface area contributed by atoms with Gasteiger partial charge in [-0.05, 0) is 38.5 Å². The largest absolute Gasteiger partial charge is 0.507 e. The smallest absolute Gasteiger partial charge is 0.179 e. The van der Waals surface area contributed by atoms with Crippen molar-refractivity contribution < 1.29 is 13.5 Å². The third-order valence-electron chi connectivity index (χ3n) is 3.81. The number of phenols is 1.